The summed E-state index contributed by atoms with van der Waals surface area (Å²) in [5.74, 6) is 2.58. The van der Waals surface area contributed by atoms with Crippen molar-refractivity contribution in [2.45, 2.75) is 64.6 Å². The van der Waals surface area contributed by atoms with Gasteiger partial charge in [0.1, 0.15) is 5.75 Å². The van der Waals surface area contributed by atoms with Crippen LogP contribution in [0.3, 0.4) is 0 Å². The Hall–Kier alpha value is -3.44. The van der Waals surface area contributed by atoms with Gasteiger partial charge in [-0.05, 0) is 68.4 Å². The lowest BCUT2D eigenvalue weighted by Gasteiger charge is -2.48. The van der Waals surface area contributed by atoms with Gasteiger partial charge in [0, 0.05) is 38.3 Å². The average Bonchev–Trinajstić information content (AvgIpc) is 3.75. The van der Waals surface area contributed by atoms with E-state index in [9.17, 15) is 4.79 Å². The van der Waals surface area contributed by atoms with Crippen LogP contribution < -0.4 is 15.3 Å². The zero-order chi connectivity index (χ0) is 26.1. The summed E-state index contributed by atoms with van der Waals surface area (Å²) in [6.45, 7) is 16.5. The minimum Gasteiger partial charge on any atom is -0.493 e. The van der Waals surface area contributed by atoms with Gasteiger partial charge in [-0.25, -0.2) is 4.79 Å². The third-order valence-corrected chi connectivity index (χ3v) is 7.90. The molecule has 0 N–H and O–H groups in total. The second-order valence-corrected chi connectivity index (χ2v) is 10.4. The summed E-state index contributed by atoms with van der Waals surface area (Å²) in [5.41, 5.74) is 2.30. The molecule has 2 fully saturated rings. The fourth-order valence-corrected chi connectivity index (χ4v) is 5.51. The van der Waals surface area contributed by atoms with Gasteiger partial charge in [-0.1, -0.05) is 32.6 Å². The molecule has 1 aliphatic heterocycles. The molecule has 1 aromatic carbocycles. The number of aryl methyl sites for hydroxylation is 1. The molecule has 1 saturated heterocycles. The quantitative estimate of drug-likeness (QED) is 0.401. The number of fused-ring (bicyclic) bond motifs is 1. The van der Waals surface area contributed by atoms with Crippen molar-refractivity contribution in [3.63, 3.8) is 0 Å². The molecule has 5 rings (SSSR count). The predicted molar refractivity (Wildman–Crippen MR) is 146 cm³/mol. The monoisotopic (exact) mass is 500 g/mol. The van der Waals surface area contributed by atoms with E-state index in [0.29, 0.717) is 28.7 Å². The molecule has 1 aliphatic carbocycles. The molecule has 2 aliphatic rings. The Bertz CT molecular complexity index is 1360. The van der Waals surface area contributed by atoms with E-state index in [1.54, 1.807) is 19.2 Å². The number of benzene rings is 1. The van der Waals surface area contributed by atoms with E-state index in [1.165, 1.54) is 23.0 Å². The highest BCUT2D eigenvalue weighted by molar-refractivity contribution is 5.87. The summed E-state index contributed by atoms with van der Waals surface area (Å²) < 4.78 is 7.46. The van der Waals surface area contributed by atoms with Crippen molar-refractivity contribution in [1.29, 1.82) is 0 Å². The van der Waals surface area contributed by atoms with Gasteiger partial charge < -0.3 is 14.5 Å². The van der Waals surface area contributed by atoms with Gasteiger partial charge in [0.15, 0.2) is 5.82 Å². The zero-order valence-electron chi connectivity index (χ0n) is 22.2. The van der Waals surface area contributed by atoms with Gasteiger partial charge in [0.05, 0.1) is 12.1 Å². The third-order valence-electron chi connectivity index (χ3n) is 7.90. The van der Waals surface area contributed by atoms with E-state index in [-0.39, 0.29) is 17.8 Å². The molecule has 37 heavy (non-hydrogen) atoms. The Morgan fingerprint density at radius 3 is 2.51 bits per heavy atom. The van der Waals surface area contributed by atoms with Crippen molar-refractivity contribution >= 4 is 22.7 Å². The maximum atomic E-state index is 12.7. The standard InChI is InChI=1S/C29H36N6O2/c1-6-22-17-34(28-27-25(33(5)29(36)32-28)14-15-26(30-4)31-27)19(3)16-35(22)24(7-2)21-10-12-23(13-11-21)37-18-20-8-9-20/h10-15,19-20,22,24H,6-9,16-18H2,1-3,5H3/t19-,22+,24?/m0/s1. The van der Waals surface area contributed by atoms with Crippen LogP contribution in [0.4, 0.5) is 11.6 Å². The number of hydrogen-bond acceptors (Lipinski definition) is 6. The predicted octanol–water partition coefficient (Wildman–Crippen LogP) is 5.11. The van der Waals surface area contributed by atoms with Gasteiger partial charge in [-0.15, -0.1) is 4.98 Å². The molecule has 8 heteroatoms. The topological polar surface area (TPSA) is 67.9 Å². The maximum absolute atomic E-state index is 12.7. The van der Waals surface area contributed by atoms with Gasteiger partial charge in [0.2, 0.25) is 5.52 Å². The SMILES string of the molecule is [C-]#[N+]c1ccc2c(n1)c(N1C[C@@H](CC)N(C(CC)c3ccc(OCC4CC4)cc3)C[C@@H]1C)nc(=O)n2C. The van der Waals surface area contributed by atoms with Crippen LogP contribution in [0.1, 0.15) is 58.1 Å². The first-order valence-electron chi connectivity index (χ1n) is 13.4. The minimum atomic E-state index is -0.307. The van der Waals surface area contributed by atoms with Crippen LogP contribution in [0.15, 0.2) is 41.2 Å². The fraction of sp³-hybridized carbons (Fsp3) is 0.517. The highest BCUT2D eigenvalue weighted by atomic mass is 16.5. The maximum Gasteiger partial charge on any atom is 0.350 e. The zero-order valence-corrected chi connectivity index (χ0v) is 22.2. The highest BCUT2D eigenvalue weighted by Crippen LogP contribution is 2.35. The number of aromatic nitrogens is 3. The average molecular weight is 501 g/mol. The van der Waals surface area contributed by atoms with Crippen molar-refractivity contribution in [3.05, 3.63) is 63.9 Å². The van der Waals surface area contributed by atoms with Gasteiger partial charge in [-0.2, -0.15) is 4.98 Å². The Labute approximate surface area is 218 Å². The Morgan fingerprint density at radius 1 is 1.11 bits per heavy atom. The largest absolute Gasteiger partial charge is 0.493 e. The first-order valence-corrected chi connectivity index (χ1v) is 13.4. The molecule has 8 nitrogen and oxygen atoms in total. The molecule has 0 radical (unpaired) electrons. The normalized spacial score (nSPS) is 21.1. The van der Waals surface area contributed by atoms with Crippen LogP contribution in [-0.2, 0) is 7.05 Å². The molecule has 0 amide bonds. The second-order valence-electron chi connectivity index (χ2n) is 10.4. The first kappa shape index (κ1) is 25.2. The van der Waals surface area contributed by atoms with E-state index in [0.717, 1.165) is 44.2 Å². The summed E-state index contributed by atoms with van der Waals surface area (Å²) in [6, 6.07) is 12.8. The van der Waals surface area contributed by atoms with Crippen molar-refractivity contribution in [2.24, 2.45) is 13.0 Å². The van der Waals surface area contributed by atoms with Crippen LogP contribution >= 0.6 is 0 Å². The number of ether oxygens (including phenoxy) is 1. The summed E-state index contributed by atoms with van der Waals surface area (Å²) in [6.07, 6.45) is 4.57. The van der Waals surface area contributed by atoms with Crippen molar-refractivity contribution in [1.82, 2.24) is 19.4 Å². The molecular weight excluding hydrogens is 464 g/mol. The lowest BCUT2D eigenvalue weighted by atomic mass is 9.96. The van der Waals surface area contributed by atoms with Crippen molar-refractivity contribution in [2.75, 3.05) is 24.6 Å². The second kappa shape index (κ2) is 10.5. The van der Waals surface area contributed by atoms with Crippen LogP contribution in [0.25, 0.3) is 15.9 Å². The summed E-state index contributed by atoms with van der Waals surface area (Å²) in [7, 11) is 1.70. The first-order chi connectivity index (χ1) is 17.9. The number of nitrogens with zero attached hydrogens (tertiary/aromatic N) is 6. The number of piperazine rings is 1. The van der Waals surface area contributed by atoms with Crippen LogP contribution in [-0.4, -0.2) is 51.2 Å². The van der Waals surface area contributed by atoms with E-state index in [2.05, 4.69) is 69.6 Å². The van der Waals surface area contributed by atoms with Gasteiger partial charge >= 0.3 is 5.69 Å². The van der Waals surface area contributed by atoms with Crippen molar-refractivity contribution in [3.8, 4) is 5.75 Å². The van der Waals surface area contributed by atoms with Gasteiger partial charge in [0.25, 0.3) is 5.82 Å². The third kappa shape index (κ3) is 5.05. The van der Waals surface area contributed by atoms with Crippen LogP contribution in [0.5, 0.6) is 5.75 Å². The smallest absolute Gasteiger partial charge is 0.350 e. The van der Waals surface area contributed by atoms with Crippen LogP contribution in [0, 0.1) is 12.5 Å². The van der Waals surface area contributed by atoms with E-state index < -0.39 is 0 Å². The Balaban J connectivity index is 1.42. The minimum absolute atomic E-state index is 0.124. The highest BCUT2D eigenvalue weighted by Gasteiger charge is 2.37. The fourth-order valence-electron chi connectivity index (χ4n) is 5.51. The number of anilines is 1. The molecule has 0 bridgehead atoms. The number of hydrogen-bond donors (Lipinski definition) is 0. The van der Waals surface area contributed by atoms with E-state index in [1.807, 2.05) is 0 Å². The number of rotatable bonds is 8. The van der Waals surface area contributed by atoms with E-state index in [4.69, 9.17) is 11.3 Å². The summed E-state index contributed by atoms with van der Waals surface area (Å²) in [4.78, 5) is 30.1. The summed E-state index contributed by atoms with van der Waals surface area (Å²) in [5, 5.41) is 0. The summed E-state index contributed by atoms with van der Waals surface area (Å²) >= 11 is 0. The lowest BCUT2D eigenvalue weighted by molar-refractivity contribution is 0.0939. The molecule has 3 atom stereocenters. The molecular formula is C29H36N6O2. The molecule has 1 saturated carbocycles. The molecule has 1 unspecified atom stereocenters. The molecule has 3 aromatic rings. The molecule has 194 valence electrons. The Kier molecular flexibility index (Phi) is 7.16. The van der Waals surface area contributed by atoms with Crippen molar-refractivity contribution < 1.29 is 4.74 Å². The van der Waals surface area contributed by atoms with Gasteiger partial charge in [-0.3, -0.25) is 9.47 Å². The molecule has 3 heterocycles. The lowest BCUT2D eigenvalue weighted by Crippen LogP contribution is -2.58. The van der Waals surface area contributed by atoms with Crippen LogP contribution in [0.2, 0.25) is 0 Å². The molecule has 2 aromatic heterocycles. The van der Waals surface area contributed by atoms with E-state index >= 15 is 0 Å². The molecule has 0 spiro atoms. The number of pyridine rings is 1. The Morgan fingerprint density at radius 2 is 1.86 bits per heavy atom.